The van der Waals surface area contributed by atoms with Gasteiger partial charge in [0.2, 0.25) is 0 Å². The lowest BCUT2D eigenvalue weighted by Gasteiger charge is -2.16. The fourth-order valence-electron chi connectivity index (χ4n) is 1.60. The third-order valence-corrected chi connectivity index (χ3v) is 3.48. The van der Waals surface area contributed by atoms with E-state index in [-0.39, 0.29) is 18.0 Å². The van der Waals surface area contributed by atoms with Gasteiger partial charge in [-0.2, -0.15) is 13.2 Å². The first kappa shape index (κ1) is 11.9. The lowest BCUT2D eigenvalue weighted by atomic mass is 10.3. The van der Waals surface area contributed by atoms with Crippen molar-refractivity contribution in [3.05, 3.63) is 21.4 Å². The molecule has 1 aliphatic heterocycles. The molecule has 0 unspecified atom stereocenters. The number of carbonyl (C=O) groups excluding carboxylic acids is 1. The van der Waals surface area contributed by atoms with Crippen LogP contribution in [0.3, 0.4) is 0 Å². The molecule has 1 aromatic heterocycles. The van der Waals surface area contributed by atoms with Crippen molar-refractivity contribution in [1.29, 1.82) is 0 Å². The fourth-order valence-corrected chi connectivity index (χ4v) is 2.63. The second kappa shape index (κ2) is 3.73. The number of halogens is 3. The largest absolute Gasteiger partial charge is 0.477 e. The maximum atomic E-state index is 12.2. The average molecular weight is 265 g/mol. The van der Waals surface area contributed by atoms with Crippen LogP contribution in [0.4, 0.5) is 13.2 Å². The van der Waals surface area contributed by atoms with E-state index in [2.05, 4.69) is 0 Å². The number of carboxylic acids is 1. The van der Waals surface area contributed by atoms with Gasteiger partial charge >= 0.3 is 18.1 Å². The van der Waals surface area contributed by atoms with Gasteiger partial charge in [-0.15, -0.1) is 11.3 Å². The number of alkyl halides is 3. The summed E-state index contributed by atoms with van der Waals surface area (Å²) in [6, 6.07) is 1.31. The topological polar surface area (TPSA) is 57.6 Å². The Morgan fingerprint density at radius 3 is 2.47 bits per heavy atom. The molecule has 1 aliphatic rings. The molecule has 0 aliphatic carbocycles. The number of hydrogen-bond acceptors (Lipinski definition) is 3. The van der Waals surface area contributed by atoms with E-state index in [4.69, 9.17) is 5.11 Å². The fraction of sp³-hybridized carbons (Fsp3) is 0.333. The monoisotopic (exact) mass is 265 g/mol. The molecule has 17 heavy (non-hydrogen) atoms. The zero-order chi connectivity index (χ0) is 12.8. The number of fused-ring (bicyclic) bond motifs is 1. The van der Waals surface area contributed by atoms with Crippen LogP contribution >= 0.6 is 11.3 Å². The summed E-state index contributed by atoms with van der Waals surface area (Å²) in [5, 5.41) is 8.70. The first-order chi connectivity index (χ1) is 7.79. The summed E-state index contributed by atoms with van der Waals surface area (Å²) in [7, 11) is 0. The van der Waals surface area contributed by atoms with E-state index < -0.39 is 18.1 Å². The molecule has 4 nitrogen and oxygen atoms in total. The lowest BCUT2D eigenvalue weighted by molar-refractivity contribution is -0.186. The molecule has 0 bridgehead atoms. The molecule has 0 atom stereocenters. The van der Waals surface area contributed by atoms with Crippen molar-refractivity contribution in [2.75, 3.05) is 0 Å². The van der Waals surface area contributed by atoms with Crippen molar-refractivity contribution in [3.8, 4) is 0 Å². The molecule has 0 saturated carbocycles. The highest BCUT2D eigenvalue weighted by Gasteiger charge is 2.44. The SMILES string of the molecule is O=C(O)c1cc2c(s1)CN(C(=O)C(F)(F)F)C2. The van der Waals surface area contributed by atoms with Crippen LogP contribution in [0.1, 0.15) is 20.1 Å². The Morgan fingerprint density at radius 2 is 2.00 bits per heavy atom. The van der Waals surface area contributed by atoms with Crippen LogP contribution in [-0.2, 0) is 17.9 Å². The minimum absolute atomic E-state index is 0.0779. The third kappa shape index (κ3) is 2.12. The molecule has 0 saturated heterocycles. The quantitative estimate of drug-likeness (QED) is 0.843. The number of thiophene rings is 1. The second-order valence-electron chi connectivity index (χ2n) is 3.52. The van der Waals surface area contributed by atoms with Gasteiger partial charge in [0.25, 0.3) is 0 Å². The Hall–Kier alpha value is -1.57. The van der Waals surface area contributed by atoms with Gasteiger partial charge in [-0.25, -0.2) is 4.79 Å². The van der Waals surface area contributed by atoms with Gasteiger partial charge in [0.05, 0.1) is 6.54 Å². The molecule has 1 amide bonds. The third-order valence-electron chi connectivity index (χ3n) is 2.33. The summed E-state index contributed by atoms with van der Waals surface area (Å²) >= 11 is 0.901. The highest BCUT2D eigenvalue weighted by molar-refractivity contribution is 7.14. The molecule has 8 heteroatoms. The Morgan fingerprint density at radius 1 is 1.35 bits per heavy atom. The summed E-state index contributed by atoms with van der Waals surface area (Å²) in [5.41, 5.74) is 0.477. The smallest absolute Gasteiger partial charge is 0.471 e. The molecule has 0 fully saturated rings. The van der Waals surface area contributed by atoms with E-state index in [1.165, 1.54) is 6.07 Å². The predicted octanol–water partition coefficient (Wildman–Crippen LogP) is 1.85. The van der Waals surface area contributed by atoms with Gasteiger partial charge in [-0.3, -0.25) is 4.79 Å². The maximum absolute atomic E-state index is 12.2. The number of rotatable bonds is 1. The number of carbonyl (C=O) groups is 2. The summed E-state index contributed by atoms with van der Waals surface area (Å²) in [4.78, 5) is 22.8. The number of carboxylic acid groups (broad SMARTS) is 1. The van der Waals surface area contributed by atoms with Crippen LogP contribution in [0.15, 0.2) is 6.07 Å². The molecule has 1 N–H and O–H groups in total. The maximum Gasteiger partial charge on any atom is 0.471 e. The molecule has 0 aromatic carbocycles. The minimum Gasteiger partial charge on any atom is -0.477 e. The predicted molar refractivity (Wildman–Crippen MR) is 51.6 cm³/mol. The normalized spacial score (nSPS) is 14.9. The average Bonchev–Trinajstić information content (AvgIpc) is 2.70. The molecule has 0 radical (unpaired) electrons. The van der Waals surface area contributed by atoms with Crippen molar-refractivity contribution < 1.29 is 27.9 Å². The van der Waals surface area contributed by atoms with Crippen LogP contribution in [0.2, 0.25) is 0 Å². The zero-order valence-corrected chi connectivity index (χ0v) is 9.06. The first-order valence-corrected chi connectivity index (χ1v) is 5.31. The van der Waals surface area contributed by atoms with Crippen molar-refractivity contribution in [3.63, 3.8) is 0 Å². The van der Waals surface area contributed by atoms with E-state index in [1.807, 2.05) is 0 Å². The van der Waals surface area contributed by atoms with E-state index in [9.17, 15) is 22.8 Å². The first-order valence-electron chi connectivity index (χ1n) is 4.50. The van der Waals surface area contributed by atoms with Gasteiger partial charge in [0.15, 0.2) is 0 Å². The second-order valence-corrected chi connectivity index (χ2v) is 4.66. The van der Waals surface area contributed by atoms with E-state index in [0.29, 0.717) is 15.3 Å². The molecular formula is C9H6F3NO3S. The summed E-state index contributed by atoms with van der Waals surface area (Å²) in [6.45, 7) is -0.358. The summed E-state index contributed by atoms with van der Waals surface area (Å²) < 4.78 is 36.5. The highest BCUT2D eigenvalue weighted by Crippen LogP contribution is 2.33. The van der Waals surface area contributed by atoms with Gasteiger partial charge in [0, 0.05) is 11.4 Å². The van der Waals surface area contributed by atoms with Crippen LogP contribution in [0.25, 0.3) is 0 Å². The van der Waals surface area contributed by atoms with Crippen molar-refractivity contribution in [2.45, 2.75) is 19.3 Å². The number of hydrogen-bond donors (Lipinski definition) is 1. The van der Waals surface area contributed by atoms with Crippen LogP contribution in [0, 0.1) is 0 Å². The number of amides is 1. The lowest BCUT2D eigenvalue weighted by Crippen LogP contribution is -2.37. The zero-order valence-electron chi connectivity index (χ0n) is 8.24. The molecule has 2 heterocycles. The van der Waals surface area contributed by atoms with Crippen LogP contribution < -0.4 is 0 Å². The van der Waals surface area contributed by atoms with Crippen molar-refractivity contribution in [1.82, 2.24) is 4.90 Å². The number of aromatic carboxylic acids is 1. The van der Waals surface area contributed by atoms with Crippen molar-refractivity contribution in [2.24, 2.45) is 0 Å². The van der Waals surface area contributed by atoms with E-state index in [0.717, 1.165) is 11.3 Å². The van der Waals surface area contributed by atoms with Gasteiger partial charge in [-0.1, -0.05) is 0 Å². The Balaban J connectivity index is 2.16. The van der Waals surface area contributed by atoms with E-state index >= 15 is 0 Å². The molecule has 1 aromatic rings. The number of nitrogens with zero attached hydrogens (tertiary/aromatic N) is 1. The van der Waals surface area contributed by atoms with Crippen LogP contribution in [-0.4, -0.2) is 28.1 Å². The van der Waals surface area contributed by atoms with Gasteiger partial charge in [-0.05, 0) is 11.6 Å². The Kier molecular flexibility index (Phi) is 2.61. The Labute approximate surface area is 97.3 Å². The van der Waals surface area contributed by atoms with Gasteiger partial charge < -0.3 is 10.0 Å². The summed E-state index contributed by atoms with van der Waals surface area (Å²) in [5.74, 6) is -3.00. The van der Waals surface area contributed by atoms with Crippen molar-refractivity contribution >= 4 is 23.2 Å². The minimum atomic E-state index is -4.89. The summed E-state index contributed by atoms with van der Waals surface area (Å²) in [6.07, 6.45) is -4.89. The molecule has 2 rings (SSSR count). The molecule has 92 valence electrons. The standard InChI is InChI=1S/C9H6F3NO3S/c10-9(11,12)8(16)13-2-4-1-5(7(14)15)17-6(4)3-13/h1H,2-3H2,(H,14,15). The van der Waals surface area contributed by atoms with Gasteiger partial charge in [0.1, 0.15) is 4.88 Å². The molecule has 0 spiro atoms. The van der Waals surface area contributed by atoms with E-state index in [1.54, 1.807) is 0 Å². The van der Waals surface area contributed by atoms with Crippen LogP contribution in [0.5, 0.6) is 0 Å². The highest BCUT2D eigenvalue weighted by atomic mass is 32.1. The molecular weight excluding hydrogens is 259 g/mol. The Bertz CT molecular complexity index is 471.